The molecule has 0 aliphatic heterocycles. The molecule has 2 rings (SSSR count). The van der Waals surface area contributed by atoms with Gasteiger partial charge in [-0.25, -0.2) is 0 Å². The molecule has 1 heterocycles. The standard InChI is InChI=1S/C13H15N5O3/c1-8(9(2)13(20)21)12(19)15-10-5-3-4-6-11(10)18-7-14-16-17-18/h3-9H,1-2H3,(H,15,19)(H,20,21). The van der Waals surface area contributed by atoms with Crippen LogP contribution in [0, 0.1) is 11.8 Å². The van der Waals surface area contributed by atoms with Gasteiger partial charge in [0.25, 0.3) is 0 Å². The number of carbonyl (C=O) groups is 2. The fraction of sp³-hybridized carbons (Fsp3) is 0.308. The number of para-hydroxylation sites is 2. The predicted octanol–water partition coefficient (Wildman–Crippen LogP) is 0.958. The van der Waals surface area contributed by atoms with Crippen LogP contribution in [0.4, 0.5) is 5.69 Å². The van der Waals surface area contributed by atoms with Crippen molar-refractivity contribution in [2.24, 2.45) is 11.8 Å². The third-order valence-corrected chi connectivity index (χ3v) is 3.31. The van der Waals surface area contributed by atoms with Crippen LogP contribution in [-0.2, 0) is 9.59 Å². The van der Waals surface area contributed by atoms with Gasteiger partial charge in [-0.2, -0.15) is 4.68 Å². The van der Waals surface area contributed by atoms with Crippen LogP contribution in [0.25, 0.3) is 5.69 Å². The lowest BCUT2D eigenvalue weighted by molar-refractivity contribution is -0.145. The van der Waals surface area contributed by atoms with Crippen LogP contribution in [0.5, 0.6) is 0 Å². The van der Waals surface area contributed by atoms with E-state index >= 15 is 0 Å². The second-order valence-electron chi connectivity index (χ2n) is 4.68. The molecule has 0 spiro atoms. The van der Waals surface area contributed by atoms with Crippen molar-refractivity contribution in [1.29, 1.82) is 0 Å². The van der Waals surface area contributed by atoms with E-state index in [1.807, 2.05) is 0 Å². The Morgan fingerprint density at radius 3 is 2.57 bits per heavy atom. The monoisotopic (exact) mass is 289 g/mol. The Bertz CT molecular complexity index is 641. The van der Waals surface area contributed by atoms with Crippen LogP contribution >= 0.6 is 0 Å². The molecule has 0 aliphatic carbocycles. The van der Waals surface area contributed by atoms with E-state index in [1.54, 1.807) is 31.2 Å². The molecule has 1 amide bonds. The number of benzene rings is 1. The lowest BCUT2D eigenvalue weighted by atomic mass is 9.95. The van der Waals surface area contributed by atoms with Crippen molar-refractivity contribution in [1.82, 2.24) is 20.2 Å². The zero-order valence-electron chi connectivity index (χ0n) is 11.6. The van der Waals surface area contributed by atoms with E-state index in [2.05, 4.69) is 20.8 Å². The molecule has 1 aromatic heterocycles. The van der Waals surface area contributed by atoms with E-state index in [9.17, 15) is 9.59 Å². The zero-order chi connectivity index (χ0) is 15.4. The van der Waals surface area contributed by atoms with Gasteiger partial charge in [0.15, 0.2) is 0 Å². The molecule has 0 saturated carbocycles. The van der Waals surface area contributed by atoms with Crippen LogP contribution < -0.4 is 5.32 Å². The number of tetrazole rings is 1. The van der Waals surface area contributed by atoms with Crippen molar-refractivity contribution < 1.29 is 14.7 Å². The van der Waals surface area contributed by atoms with Crippen LogP contribution in [0.15, 0.2) is 30.6 Å². The number of amides is 1. The van der Waals surface area contributed by atoms with E-state index in [4.69, 9.17) is 5.11 Å². The summed E-state index contributed by atoms with van der Waals surface area (Å²) in [6, 6.07) is 7.00. The summed E-state index contributed by atoms with van der Waals surface area (Å²) in [5.74, 6) is -2.81. The van der Waals surface area contributed by atoms with E-state index in [1.165, 1.54) is 17.9 Å². The third-order valence-electron chi connectivity index (χ3n) is 3.31. The summed E-state index contributed by atoms with van der Waals surface area (Å²) in [7, 11) is 0. The van der Waals surface area contributed by atoms with Crippen molar-refractivity contribution in [2.45, 2.75) is 13.8 Å². The number of hydrogen-bond donors (Lipinski definition) is 2. The molecule has 8 heteroatoms. The van der Waals surface area contributed by atoms with Crippen molar-refractivity contribution in [3.8, 4) is 5.69 Å². The highest BCUT2D eigenvalue weighted by atomic mass is 16.4. The third kappa shape index (κ3) is 3.22. The van der Waals surface area contributed by atoms with Crippen LogP contribution in [0.3, 0.4) is 0 Å². The van der Waals surface area contributed by atoms with Crippen LogP contribution in [-0.4, -0.2) is 37.2 Å². The first-order chi connectivity index (χ1) is 10.0. The summed E-state index contributed by atoms with van der Waals surface area (Å²) in [5.41, 5.74) is 1.12. The molecule has 0 aliphatic rings. The van der Waals surface area contributed by atoms with Crippen LogP contribution in [0.2, 0.25) is 0 Å². The van der Waals surface area contributed by atoms with Gasteiger partial charge in [-0.3, -0.25) is 9.59 Å². The summed E-state index contributed by atoms with van der Waals surface area (Å²) in [4.78, 5) is 23.1. The number of anilines is 1. The van der Waals surface area contributed by atoms with Crippen molar-refractivity contribution in [2.75, 3.05) is 5.32 Å². The SMILES string of the molecule is CC(C(=O)O)C(C)C(=O)Nc1ccccc1-n1cnnn1. The molecule has 0 radical (unpaired) electrons. The first-order valence-electron chi connectivity index (χ1n) is 6.36. The number of nitrogens with one attached hydrogen (secondary N) is 1. The summed E-state index contributed by atoms with van der Waals surface area (Å²) >= 11 is 0. The number of carboxylic acid groups (broad SMARTS) is 1. The van der Waals surface area contributed by atoms with Gasteiger partial charge in [-0.05, 0) is 22.6 Å². The average molecular weight is 289 g/mol. The minimum atomic E-state index is -1.01. The largest absolute Gasteiger partial charge is 0.481 e. The van der Waals surface area contributed by atoms with Gasteiger partial charge in [0.1, 0.15) is 6.33 Å². The average Bonchev–Trinajstić information content (AvgIpc) is 3.00. The summed E-state index contributed by atoms with van der Waals surface area (Å²) < 4.78 is 1.42. The molecule has 2 N–H and O–H groups in total. The molecule has 110 valence electrons. The second-order valence-corrected chi connectivity index (χ2v) is 4.68. The maximum Gasteiger partial charge on any atom is 0.307 e. The fourth-order valence-electron chi connectivity index (χ4n) is 1.74. The van der Waals surface area contributed by atoms with Gasteiger partial charge in [0, 0.05) is 5.92 Å². The first-order valence-corrected chi connectivity index (χ1v) is 6.36. The molecule has 0 fully saturated rings. The quantitative estimate of drug-likeness (QED) is 0.848. The highest BCUT2D eigenvalue weighted by Crippen LogP contribution is 2.21. The van der Waals surface area contributed by atoms with Gasteiger partial charge < -0.3 is 10.4 Å². The molecule has 0 bridgehead atoms. The zero-order valence-corrected chi connectivity index (χ0v) is 11.6. The fourth-order valence-corrected chi connectivity index (χ4v) is 1.74. The second kappa shape index (κ2) is 6.12. The number of nitrogens with zero attached hydrogens (tertiary/aromatic N) is 4. The topological polar surface area (TPSA) is 110 Å². The minimum Gasteiger partial charge on any atom is -0.481 e. The Morgan fingerprint density at radius 1 is 1.24 bits per heavy atom. The van der Waals surface area contributed by atoms with Gasteiger partial charge in [0.2, 0.25) is 5.91 Å². The highest BCUT2D eigenvalue weighted by molar-refractivity contribution is 5.96. The minimum absolute atomic E-state index is 0.370. The van der Waals surface area contributed by atoms with Crippen molar-refractivity contribution >= 4 is 17.6 Å². The molecular weight excluding hydrogens is 274 g/mol. The predicted molar refractivity (Wildman–Crippen MR) is 73.7 cm³/mol. The van der Waals surface area contributed by atoms with Crippen LogP contribution in [0.1, 0.15) is 13.8 Å². The molecule has 2 unspecified atom stereocenters. The summed E-state index contributed by atoms with van der Waals surface area (Å²) in [6.07, 6.45) is 1.41. The number of aliphatic carboxylic acids is 1. The van der Waals surface area contributed by atoms with Crippen molar-refractivity contribution in [3.05, 3.63) is 30.6 Å². The molecular formula is C13H15N5O3. The number of hydrogen-bond acceptors (Lipinski definition) is 5. The number of aromatic nitrogens is 4. The normalized spacial score (nSPS) is 13.4. The van der Waals surface area contributed by atoms with E-state index < -0.39 is 17.8 Å². The smallest absolute Gasteiger partial charge is 0.307 e. The Kier molecular flexibility index (Phi) is 4.27. The van der Waals surface area contributed by atoms with Gasteiger partial charge >= 0.3 is 5.97 Å². The summed E-state index contributed by atoms with van der Waals surface area (Å²) in [6.45, 7) is 3.08. The van der Waals surface area contributed by atoms with Gasteiger partial charge in [0.05, 0.1) is 17.3 Å². The Balaban J connectivity index is 2.21. The van der Waals surface area contributed by atoms with E-state index in [-0.39, 0.29) is 5.91 Å². The molecule has 21 heavy (non-hydrogen) atoms. The Labute approximate surface area is 120 Å². The molecule has 1 aromatic carbocycles. The van der Waals surface area contributed by atoms with Gasteiger partial charge in [-0.15, -0.1) is 5.10 Å². The van der Waals surface area contributed by atoms with Gasteiger partial charge in [-0.1, -0.05) is 26.0 Å². The summed E-state index contributed by atoms with van der Waals surface area (Å²) in [5, 5.41) is 22.5. The molecule has 0 saturated heterocycles. The number of carboxylic acids is 1. The van der Waals surface area contributed by atoms with Crippen molar-refractivity contribution in [3.63, 3.8) is 0 Å². The molecule has 2 aromatic rings. The van der Waals surface area contributed by atoms with E-state index in [0.717, 1.165) is 0 Å². The molecule has 2 atom stereocenters. The maximum atomic E-state index is 12.1. The lowest BCUT2D eigenvalue weighted by Crippen LogP contribution is -2.30. The number of carbonyl (C=O) groups excluding carboxylic acids is 1. The Morgan fingerprint density at radius 2 is 1.95 bits per heavy atom. The molecule has 8 nitrogen and oxygen atoms in total. The lowest BCUT2D eigenvalue weighted by Gasteiger charge is -2.17. The Hall–Kier alpha value is -2.77. The first kappa shape index (κ1) is 14.6. The highest BCUT2D eigenvalue weighted by Gasteiger charge is 2.26. The number of rotatable bonds is 5. The maximum absolute atomic E-state index is 12.1. The van der Waals surface area contributed by atoms with E-state index in [0.29, 0.717) is 11.4 Å².